The van der Waals surface area contributed by atoms with Gasteiger partial charge < -0.3 is 10.1 Å². The Morgan fingerprint density at radius 1 is 1.18 bits per heavy atom. The molecule has 0 saturated carbocycles. The van der Waals surface area contributed by atoms with E-state index in [9.17, 15) is 14.4 Å². The van der Waals surface area contributed by atoms with Gasteiger partial charge in [0, 0.05) is 36.2 Å². The van der Waals surface area contributed by atoms with Crippen LogP contribution in [0.3, 0.4) is 0 Å². The van der Waals surface area contributed by atoms with Crippen LogP contribution in [0.5, 0.6) is 0 Å². The fourth-order valence-electron chi connectivity index (χ4n) is 4.76. The summed E-state index contributed by atoms with van der Waals surface area (Å²) in [5.74, 6) is 0.217. The van der Waals surface area contributed by atoms with Crippen molar-refractivity contribution < 1.29 is 14.3 Å². The fraction of sp³-hybridized carbons (Fsp3) is 0.533. The maximum absolute atomic E-state index is 14.1. The first-order valence-electron chi connectivity index (χ1n) is 13.9. The largest absolute Gasteiger partial charge is 0.444 e. The molecule has 2 unspecified atom stereocenters. The summed E-state index contributed by atoms with van der Waals surface area (Å²) in [5.41, 5.74) is 3.43. The van der Waals surface area contributed by atoms with Crippen LogP contribution in [0, 0.1) is 5.92 Å². The van der Waals surface area contributed by atoms with Crippen molar-refractivity contribution in [3.8, 4) is 5.69 Å². The third-order valence-corrected chi connectivity index (χ3v) is 6.95. The van der Waals surface area contributed by atoms with Gasteiger partial charge >= 0.3 is 6.09 Å². The average molecular weight is 538 g/mol. The summed E-state index contributed by atoms with van der Waals surface area (Å²) in [6, 6.07) is 6.80. The molecule has 0 aliphatic carbocycles. The molecule has 0 bridgehead atoms. The highest BCUT2D eigenvalue weighted by molar-refractivity contribution is 5.94. The Labute approximate surface area is 231 Å². The van der Waals surface area contributed by atoms with Gasteiger partial charge in [0.05, 0.1) is 24.1 Å². The molecule has 1 N–H and O–H groups in total. The van der Waals surface area contributed by atoms with Gasteiger partial charge in [-0.15, -0.1) is 0 Å². The van der Waals surface area contributed by atoms with Crippen molar-refractivity contribution in [1.29, 1.82) is 0 Å². The van der Waals surface area contributed by atoms with Gasteiger partial charge in [0.1, 0.15) is 11.2 Å². The van der Waals surface area contributed by atoms with Crippen molar-refractivity contribution in [3.05, 3.63) is 63.2 Å². The number of hydrogen-bond acceptors (Lipinski definition) is 5. The molecular formula is C30H43N5O4. The third-order valence-electron chi connectivity index (χ3n) is 6.95. The van der Waals surface area contributed by atoms with E-state index in [0.29, 0.717) is 40.5 Å². The van der Waals surface area contributed by atoms with Crippen LogP contribution in [0.2, 0.25) is 0 Å². The maximum atomic E-state index is 14.1. The predicted octanol–water partition coefficient (Wildman–Crippen LogP) is 5.14. The van der Waals surface area contributed by atoms with E-state index in [-0.39, 0.29) is 24.1 Å². The van der Waals surface area contributed by atoms with Gasteiger partial charge in [-0.3, -0.25) is 19.1 Å². The summed E-state index contributed by atoms with van der Waals surface area (Å²) in [4.78, 5) is 40.8. The van der Waals surface area contributed by atoms with Crippen molar-refractivity contribution in [2.24, 2.45) is 5.92 Å². The lowest BCUT2D eigenvalue weighted by atomic mass is 9.98. The SMILES string of the molecule is CC.CCC(C)Cc1cnn2c3c(c(=O)n(-c4ccc(C(=O)NC)cc4)c12)CC(C)N(C(=O)OC(C)(C)C)C3. The lowest BCUT2D eigenvalue weighted by molar-refractivity contribution is 0.0131. The highest BCUT2D eigenvalue weighted by Crippen LogP contribution is 2.27. The Kier molecular flexibility index (Phi) is 9.25. The molecule has 9 heteroatoms. The van der Waals surface area contributed by atoms with Crippen molar-refractivity contribution in [1.82, 2.24) is 24.4 Å². The van der Waals surface area contributed by atoms with Gasteiger partial charge in [0.2, 0.25) is 0 Å². The van der Waals surface area contributed by atoms with E-state index in [1.54, 1.807) is 40.8 Å². The first-order chi connectivity index (χ1) is 18.4. The van der Waals surface area contributed by atoms with Crippen molar-refractivity contribution in [2.45, 2.75) is 92.8 Å². The smallest absolute Gasteiger partial charge is 0.410 e. The molecule has 39 heavy (non-hydrogen) atoms. The Morgan fingerprint density at radius 3 is 2.38 bits per heavy atom. The number of carbonyl (C=O) groups excluding carboxylic acids is 2. The molecular weight excluding hydrogens is 494 g/mol. The average Bonchev–Trinajstić information content (AvgIpc) is 3.31. The second-order valence-corrected chi connectivity index (χ2v) is 11.0. The summed E-state index contributed by atoms with van der Waals surface area (Å²) in [5, 5.41) is 7.34. The van der Waals surface area contributed by atoms with Gasteiger partial charge in [-0.05, 0) is 64.3 Å². The van der Waals surface area contributed by atoms with Gasteiger partial charge in [0.15, 0.2) is 0 Å². The highest BCUT2D eigenvalue weighted by Gasteiger charge is 2.35. The third kappa shape index (κ3) is 6.18. The molecule has 3 aromatic rings. The molecule has 0 spiro atoms. The number of hydrogen-bond donors (Lipinski definition) is 1. The molecule has 2 atom stereocenters. The first kappa shape index (κ1) is 29.9. The van der Waals surface area contributed by atoms with Gasteiger partial charge in [0.25, 0.3) is 11.5 Å². The molecule has 0 fully saturated rings. The molecule has 0 radical (unpaired) electrons. The number of benzene rings is 1. The lowest BCUT2D eigenvalue weighted by Crippen LogP contribution is -2.48. The Hall–Kier alpha value is -3.62. The minimum absolute atomic E-state index is 0.128. The van der Waals surface area contributed by atoms with Crippen LogP contribution < -0.4 is 10.9 Å². The first-order valence-corrected chi connectivity index (χ1v) is 13.9. The Balaban J connectivity index is 0.00000205. The van der Waals surface area contributed by atoms with Crippen molar-refractivity contribution in [3.63, 3.8) is 0 Å². The number of aromatic nitrogens is 3. The minimum atomic E-state index is -0.619. The van der Waals surface area contributed by atoms with Gasteiger partial charge in [-0.25, -0.2) is 9.31 Å². The molecule has 2 amide bonds. The van der Waals surface area contributed by atoms with E-state index < -0.39 is 11.7 Å². The molecule has 3 heterocycles. The monoisotopic (exact) mass is 537 g/mol. The Bertz CT molecular complexity index is 1380. The van der Waals surface area contributed by atoms with E-state index in [1.165, 1.54) is 0 Å². The summed E-state index contributed by atoms with van der Waals surface area (Å²) < 4.78 is 9.16. The standard InChI is InChI=1S/C28H37N5O4.C2H6/c1-8-17(2)13-20-15-30-33-23-16-31(27(36)37-28(4,5)6)18(3)14-22(23)26(35)32(25(20)33)21-11-9-19(10-12-21)24(34)29-7;1-2/h9-12,15,17-18H,8,13-14,16H2,1-7H3,(H,29,34);1-2H3. The number of nitrogens with one attached hydrogen (secondary N) is 1. The van der Waals surface area contributed by atoms with E-state index in [1.807, 2.05) is 52.3 Å². The van der Waals surface area contributed by atoms with E-state index in [4.69, 9.17) is 9.84 Å². The second kappa shape index (κ2) is 12.1. The number of fused-ring (bicyclic) bond motifs is 3. The van der Waals surface area contributed by atoms with E-state index in [2.05, 4.69) is 19.2 Å². The molecule has 212 valence electrons. The van der Waals surface area contributed by atoms with Crippen LogP contribution in [-0.2, 0) is 24.1 Å². The summed E-state index contributed by atoms with van der Waals surface area (Å²) in [6.45, 7) is 16.0. The molecule has 9 nitrogen and oxygen atoms in total. The normalized spacial score (nSPS) is 15.7. The zero-order valence-corrected chi connectivity index (χ0v) is 24.8. The summed E-state index contributed by atoms with van der Waals surface area (Å²) in [6.07, 6.45) is 3.57. The van der Waals surface area contributed by atoms with Crippen LogP contribution in [0.4, 0.5) is 4.79 Å². The molecule has 0 saturated heterocycles. The number of carbonyl (C=O) groups is 2. The quantitative estimate of drug-likeness (QED) is 0.486. The molecule has 1 aromatic carbocycles. The summed E-state index contributed by atoms with van der Waals surface area (Å²) in [7, 11) is 1.59. The van der Waals surface area contributed by atoms with E-state index in [0.717, 1.165) is 18.4 Å². The maximum Gasteiger partial charge on any atom is 0.410 e. The number of amides is 2. The van der Waals surface area contributed by atoms with Crippen LogP contribution in [-0.4, -0.2) is 49.8 Å². The molecule has 1 aliphatic heterocycles. The van der Waals surface area contributed by atoms with Gasteiger partial charge in [-0.2, -0.15) is 5.10 Å². The summed E-state index contributed by atoms with van der Waals surface area (Å²) >= 11 is 0. The number of rotatable bonds is 5. The number of nitrogens with zero attached hydrogens (tertiary/aromatic N) is 4. The van der Waals surface area contributed by atoms with Gasteiger partial charge in [-0.1, -0.05) is 34.1 Å². The zero-order chi connectivity index (χ0) is 29.1. The van der Waals surface area contributed by atoms with Crippen LogP contribution in [0.15, 0.2) is 35.3 Å². The number of ether oxygens (including phenoxy) is 1. The van der Waals surface area contributed by atoms with Crippen LogP contribution in [0.25, 0.3) is 11.3 Å². The highest BCUT2D eigenvalue weighted by atomic mass is 16.6. The van der Waals surface area contributed by atoms with Crippen molar-refractivity contribution in [2.75, 3.05) is 7.05 Å². The van der Waals surface area contributed by atoms with Crippen LogP contribution in [0.1, 0.15) is 89.0 Å². The zero-order valence-electron chi connectivity index (χ0n) is 24.8. The fourth-order valence-corrected chi connectivity index (χ4v) is 4.76. The molecule has 2 aromatic heterocycles. The van der Waals surface area contributed by atoms with E-state index >= 15 is 0 Å². The lowest BCUT2D eigenvalue weighted by Gasteiger charge is -2.36. The molecule has 1 aliphatic rings. The topological polar surface area (TPSA) is 97.9 Å². The van der Waals surface area contributed by atoms with Crippen molar-refractivity contribution >= 4 is 17.6 Å². The molecule has 4 rings (SSSR count). The van der Waals surface area contributed by atoms with Crippen LogP contribution >= 0.6 is 0 Å². The minimum Gasteiger partial charge on any atom is -0.444 e. The second-order valence-electron chi connectivity index (χ2n) is 11.0. The predicted molar refractivity (Wildman–Crippen MR) is 154 cm³/mol. The Morgan fingerprint density at radius 2 is 1.82 bits per heavy atom.